The van der Waals surface area contributed by atoms with Gasteiger partial charge in [0, 0.05) is 31.8 Å². The normalized spacial score (nSPS) is 20.7. The molecule has 0 aromatic heterocycles. The highest BCUT2D eigenvalue weighted by molar-refractivity contribution is 8.13. The van der Waals surface area contributed by atoms with Gasteiger partial charge in [-0.2, -0.15) is 0 Å². The molecule has 1 amide bonds. The van der Waals surface area contributed by atoms with Gasteiger partial charge in [0.25, 0.3) is 0 Å². The molecule has 1 heterocycles. The summed E-state index contributed by atoms with van der Waals surface area (Å²) in [5.41, 5.74) is 0. The lowest BCUT2D eigenvalue weighted by molar-refractivity contribution is -0.120. The monoisotopic (exact) mass is 229 g/mol. The van der Waals surface area contributed by atoms with Crippen LogP contribution in [0.4, 0.5) is 0 Å². The Morgan fingerprint density at radius 3 is 3.07 bits per heavy atom. The van der Waals surface area contributed by atoms with E-state index in [1.165, 1.54) is 0 Å². The Balaban J connectivity index is 2.12. The van der Waals surface area contributed by atoms with Crippen molar-refractivity contribution in [1.82, 2.24) is 10.6 Å². The van der Waals surface area contributed by atoms with E-state index in [1.807, 2.05) is 6.92 Å². The summed E-state index contributed by atoms with van der Waals surface area (Å²) in [5, 5.41) is 6.93. The molecule has 0 bridgehead atoms. The molecule has 1 atom stereocenters. The van der Waals surface area contributed by atoms with Gasteiger partial charge in [0.05, 0.1) is 0 Å². The van der Waals surface area contributed by atoms with Crippen LogP contribution in [0, 0.1) is 5.92 Å². The van der Waals surface area contributed by atoms with Gasteiger partial charge in [-0.25, -0.2) is 0 Å². The summed E-state index contributed by atoms with van der Waals surface area (Å²) < 4.78 is 0. The third-order valence-electron chi connectivity index (χ3n) is 2.05. The second kappa shape index (κ2) is 6.71. The highest BCUT2D eigenvalue weighted by Gasteiger charge is 2.11. The second-order valence-corrected chi connectivity index (χ2v) is 4.70. The van der Waals surface area contributed by atoms with Crippen molar-refractivity contribution >= 4 is 22.8 Å². The second-order valence-electron chi connectivity index (χ2n) is 3.69. The first-order valence-electron chi connectivity index (χ1n) is 5.40. The van der Waals surface area contributed by atoms with Crippen LogP contribution in [0.15, 0.2) is 4.99 Å². The molecule has 86 valence electrons. The molecule has 1 aliphatic heterocycles. The van der Waals surface area contributed by atoms with Crippen molar-refractivity contribution in [1.29, 1.82) is 0 Å². The molecule has 1 aliphatic rings. The lowest BCUT2D eigenvalue weighted by Gasteiger charge is -2.17. The molecule has 0 aliphatic carbocycles. The first-order valence-corrected chi connectivity index (χ1v) is 6.38. The number of aliphatic imine (C=N–C) groups is 1. The van der Waals surface area contributed by atoms with Crippen molar-refractivity contribution in [3.63, 3.8) is 0 Å². The highest BCUT2D eigenvalue weighted by Crippen LogP contribution is 2.15. The molecule has 0 spiro atoms. The van der Waals surface area contributed by atoms with Crippen LogP contribution in [0.2, 0.25) is 0 Å². The third kappa shape index (κ3) is 5.06. The van der Waals surface area contributed by atoms with Crippen LogP contribution in [-0.2, 0) is 4.79 Å². The van der Waals surface area contributed by atoms with Crippen LogP contribution < -0.4 is 10.6 Å². The van der Waals surface area contributed by atoms with Crippen molar-refractivity contribution in [2.24, 2.45) is 10.9 Å². The SMILES string of the molecule is CCNC(=O)CCNC1=NCC(C)CS1. The molecular weight excluding hydrogens is 210 g/mol. The van der Waals surface area contributed by atoms with Gasteiger partial charge in [-0.15, -0.1) is 0 Å². The maximum absolute atomic E-state index is 11.1. The molecule has 0 aromatic rings. The molecule has 0 fully saturated rings. The molecule has 1 rings (SSSR count). The number of thioether (sulfide) groups is 1. The van der Waals surface area contributed by atoms with Crippen LogP contribution in [0.25, 0.3) is 0 Å². The maximum Gasteiger partial charge on any atom is 0.221 e. The largest absolute Gasteiger partial charge is 0.364 e. The Hall–Kier alpha value is -0.710. The summed E-state index contributed by atoms with van der Waals surface area (Å²) in [7, 11) is 0. The van der Waals surface area contributed by atoms with Crippen LogP contribution in [-0.4, -0.2) is 36.5 Å². The van der Waals surface area contributed by atoms with E-state index in [4.69, 9.17) is 0 Å². The summed E-state index contributed by atoms with van der Waals surface area (Å²) in [4.78, 5) is 15.5. The Labute approximate surface area is 95.3 Å². The molecule has 0 saturated heterocycles. The van der Waals surface area contributed by atoms with E-state index >= 15 is 0 Å². The Kier molecular flexibility index (Phi) is 5.53. The van der Waals surface area contributed by atoms with E-state index in [9.17, 15) is 4.79 Å². The first kappa shape index (κ1) is 12.4. The molecule has 5 heteroatoms. The summed E-state index contributed by atoms with van der Waals surface area (Å²) >= 11 is 1.74. The van der Waals surface area contributed by atoms with Gasteiger partial charge in [-0.3, -0.25) is 9.79 Å². The number of carbonyl (C=O) groups excluding carboxylic acids is 1. The number of hydrogen-bond acceptors (Lipinski definition) is 4. The van der Waals surface area contributed by atoms with E-state index in [0.29, 0.717) is 25.4 Å². The van der Waals surface area contributed by atoms with Gasteiger partial charge in [0.15, 0.2) is 5.17 Å². The molecule has 1 unspecified atom stereocenters. The van der Waals surface area contributed by atoms with Crippen LogP contribution in [0.3, 0.4) is 0 Å². The number of nitrogens with one attached hydrogen (secondary N) is 2. The van der Waals surface area contributed by atoms with Gasteiger partial charge < -0.3 is 10.6 Å². The van der Waals surface area contributed by atoms with E-state index in [-0.39, 0.29) is 5.91 Å². The summed E-state index contributed by atoms with van der Waals surface area (Å²) in [6.45, 7) is 6.39. The van der Waals surface area contributed by atoms with Gasteiger partial charge >= 0.3 is 0 Å². The first-order chi connectivity index (χ1) is 7.22. The molecule has 0 saturated carbocycles. The minimum absolute atomic E-state index is 0.0970. The van der Waals surface area contributed by atoms with Crippen LogP contribution >= 0.6 is 11.8 Å². The quantitative estimate of drug-likeness (QED) is 0.751. The zero-order chi connectivity index (χ0) is 11.1. The smallest absolute Gasteiger partial charge is 0.221 e. The zero-order valence-corrected chi connectivity index (χ0v) is 10.2. The van der Waals surface area contributed by atoms with E-state index in [0.717, 1.165) is 17.5 Å². The van der Waals surface area contributed by atoms with Crippen molar-refractivity contribution in [2.45, 2.75) is 20.3 Å². The topological polar surface area (TPSA) is 53.5 Å². The van der Waals surface area contributed by atoms with Crippen LogP contribution in [0.1, 0.15) is 20.3 Å². The molecule has 2 N–H and O–H groups in total. The summed E-state index contributed by atoms with van der Waals surface area (Å²) in [5.74, 6) is 1.89. The fourth-order valence-corrected chi connectivity index (χ4v) is 2.15. The molecular formula is C10H19N3OS. The number of amidine groups is 1. The minimum Gasteiger partial charge on any atom is -0.364 e. The Bertz CT molecular complexity index is 243. The maximum atomic E-state index is 11.1. The fourth-order valence-electron chi connectivity index (χ4n) is 1.23. The van der Waals surface area contributed by atoms with Gasteiger partial charge in [0.2, 0.25) is 5.91 Å². The van der Waals surface area contributed by atoms with Crippen molar-refractivity contribution in [3.05, 3.63) is 0 Å². The number of carbonyl (C=O) groups is 1. The average Bonchev–Trinajstić information content (AvgIpc) is 2.21. The number of rotatable bonds is 4. The molecule has 15 heavy (non-hydrogen) atoms. The number of hydrogen-bond donors (Lipinski definition) is 2. The van der Waals surface area contributed by atoms with Crippen LogP contribution in [0.5, 0.6) is 0 Å². The average molecular weight is 229 g/mol. The van der Waals surface area contributed by atoms with Gasteiger partial charge in [-0.1, -0.05) is 18.7 Å². The van der Waals surface area contributed by atoms with E-state index in [2.05, 4.69) is 22.5 Å². The Morgan fingerprint density at radius 2 is 2.47 bits per heavy atom. The summed E-state index contributed by atoms with van der Waals surface area (Å²) in [6, 6.07) is 0. The predicted octanol–water partition coefficient (Wildman–Crippen LogP) is 0.841. The molecule has 0 radical (unpaired) electrons. The molecule has 4 nitrogen and oxygen atoms in total. The van der Waals surface area contributed by atoms with Crippen molar-refractivity contribution in [2.75, 3.05) is 25.4 Å². The lowest BCUT2D eigenvalue weighted by atomic mass is 10.2. The number of amides is 1. The predicted molar refractivity (Wildman–Crippen MR) is 65.2 cm³/mol. The number of nitrogens with zero attached hydrogens (tertiary/aromatic N) is 1. The highest BCUT2D eigenvalue weighted by atomic mass is 32.2. The third-order valence-corrected chi connectivity index (χ3v) is 3.34. The lowest BCUT2D eigenvalue weighted by Crippen LogP contribution is -2.31. The minimum atomic E-state index is 0.0970. The van der Waals surface area contributed by atoms with Crippen molar-refractivity contribution < 1.29 is 4.79 Å². The van der Waals surface area contributed by atoms with Gasteiger partial charge in [-0.05, 0) is 12.8 Å². The standard InChI is InChI=1S/C10H19N3OS/c1-3-11-9(14)4-5-12-10-13-6-8(2)7-15-10/h8H,3-7H2,1-2H3,(H,11,14)(H,12,13). The van der Waals surface area contributed by atoms with Crippen molar-refractivity contribution in [3.8, 4) is 0 Å². The zero-order valence-electron chi connectivity index (χ0n) is 9.38. The van der Waals surface area contributed by atoms with E-state index in [1.54, 1.807) is 11.8 Å². The van der Waals surface area contributed by atoms with Gasteiger partial charge in [0.1, 0.15) is 0 Å². The fraction of sp³-hybridized carbons (Fsp3) is 0.800. The van der Waals surface area contributed by atoms with E-state index < -0.39 is 0 Å². The molecule has 0 aromatic carbocycles. The summed E-state index contributed by atoms with van der Waals surface area (Å²) in [6.07, 6.45) is 0.517. The Morgan fingerprint density at radius 1 is 1.67 bits per heavy atom.